The summed E-state index contributed by atoms with van der Waals surface area (Å²) in [6.45, 7) is 2.63. The molecule has 5 heteroatoms. The normalized spacial score (nSPS) is 25.0. The van der Waals surface area contributed by atoms with Crippen molar-refractivity contribution in [2.24, 2.45) is 0 Å². The zero-order valence-electron chi connectivity index (χ0n) is 6.79. The van der Waals surface area contributed by atoms with Crippen molar-refractivity contribution in [2.45, 2.75) is 25.0 Å². The molecular weight excluding hydrogens is 184 g/mol. The molecule has 0 spiro atoms. The van der Waals surface area contributed by atoms with Gasteiger partial charge in [0.15, 0.2) is 5.56 Å². The van der Waals surface area contributed by atoms with Crippen LogP contribution in [-0.4, -0.2) is 31.0 Å². The van der Waals surface area contributed by atoms with Crippen molar-refractivity contribution < 1.29 is 19.0 Å². The van der Waals surface area contributed by atoms with Crippen molar-refractivity contribution in [2.75, 3.05) is 13.2 Å². The highest BCUT2D eigenvalue weighted by Gasteiger charge is 2.21. The lowest BCUT2D eigenvalue weighted by Crippen LogP contribution is -2.20. The van der Waals surface area contributed by atoms with Crippen molar-refractivity contribution >= 4 is 17.8 Å². The topological polar surface area (TPSA) is 44.8 Å². The predicted octanol–water partition coefficient (Wildman–Crippen LogP) is 1.51. The summed E-state index contributed by atoms with van der Waals surface area (Å²) < 4.78 is 14.4. The maximum Gasteiger partial charge on any atom is 0.510 e. The molecule has 1 aliphatic heterocycles. The van der Waals surface area contributed by atoms with Crippen LogP contribution in [0, 0.1) is 0 Å². The maximum absolute atomic E-state index is 10.8. The van der Waals surface area contributed by atoms with E-state index >= 15 is 0 Å². The largest absolute Gasteiger partial charge is 0.510 e. The van der Waals surface area contributed by atoms with Crippen molar-refractivity contribution in [3.05, 3.63) is 0 Å². The molecule has 1 rings (SSSR count). The maximum atomic E-state index is 10.8. The Morgan fingerprint density at radius 2 is 2.50 bits per heavy atom. The second-order valence-corrected chi connectivity index (χ2v) is 3.13. The van der Waals surface area contributed by atoms with Gasteiger partial charge in [0.05, 0.1) is 13.2 Å². The van der Waals surface area contributed by atoms with Gasteiger partial charge < -0.3 is 14.2 Å². The number of ether oxygens (including phenoxy) is 3. The molecule has 0 N–H and O–H groups in total. The van der Waals surface area contributed by atoms with Crippen LogP contribution in [0.2, 0.25) is 0 Å². The molecule has 0 aromatic rings. The molecule has 1 fully saturated rings. The van der Waals surface area contributed by atoms with Crippen LogP contribution in [0.3, 0.4) is 0 Å². The van der Waals surface area contributed by atoms with Gasteiger partial charge in [-0.15, -0.1) is 0 Å². The Morgan fingerprint density at radius 1 is 1.75 bits per heavy atom. The first-order chi connectivity index (χ1) is 5.68. The fourth-order valence-corrected chi connectivity index (χ4v) is 0.975. The fourth-order valence-electron chi connectivity index (χ4n) is 0.902. The van der Waals surface area contributed by atoms with E-state index in [0.717, 1.165) is 6.42 Å². The van der Waals surface area contributed by atoms with E-state index in [9.17, 15) is 4.79 Å². The van der Waals surface area contributed by atoms with Crippen LogP contribution in [0.4, 0.5) is 4.79 Å². The van der Waals surface area contributed by atoms with Crippen LogP contribution < -0.4 is 0 Å². The van der Waals surface area contributed by atoms with E-state index in [1.165, 1.54) is 0 Å². The van der Waals surface area contributed by atoms with Gasteiger partial charge >= 0.3 is 6.16 Å². The summed E-state index contributed by atoms with van der Waals surface area (Å²) in [6.07, 6.45) is -0.174. The van der Waals surface area contributed by atoms with Crippen molar-refractivity contribution in [3.8, 4) is 0 Å². The van der Waals surface area contributed by atoms with E-state index in [0.29, 0.717) is 13.2 Å². The summed E-state index contributed by atoms with van der Waals surface area (Å²) in [6, 6.07) is 0. The average Bonchev–Trinajstić information content (AvgIpc) is 2.37. The molecule has 1 saturated heterocycles. The van der Waals surface area contributed by atoms with E-state index < -0.39 is 11.7 Å². The van der Waals surface area contributed by atoms with Crippen molar-refractivity contribution in [3.63, 3.8) is 0 Å². The zero-order valence-corrected chi connectivity index (χ0v) is 7.54. The number of carbonyl (C=O) groups excluding carboxylic acids is 1. The summed E-state index contributed by atoms with van der Waals surface area (Å²) in [5.41, 5.74) is -0.653. The first-order valence-electron chi connectivity index (χ1n) is 3.77. The van der Waals surface area contributed by atoms with E-state index in [4.69, 9.17) is 21.1 Å². The highest BCUT2D eigenvalue weighted by Crippen LogP contribution is 2.10. The Kier molecular flexibility index (Phi) is 3.62. The van der Waals surface area contributed by atoms with Gasteiger partial charge in [-0.3, -0.25) is 0 Å². The molecule has 2 unspecified atom stereocenters. The molecule has 0 radical (unpaired) electrons. The lowest BCUT2D eigenvalue weighted by molar-refractivity contribution is 0.0154. The summed E-state index contributed by atoms with van der Waals surface area (Å²) in [5.74, 6) is 0. The average molecular weight is 195 g/mol. The molecule has 0 saturated carbocycles. The number of carbonyl (C=O) groups is 1. The lowest BCUT2D eigenvalue weighted by Gasteiger charge is -2.10. The van der Waals surface area contributed by atoms with E-state index in [-0.39, 0.29) is 6.10 Å². The third kappa shape index (κ3) is 3.28. The van der Waals surface area contributed by atoms with Crippen LogP contribution in [-0.2, 0) is 14.2 Å². The van der Waals surface area contributed by atoms with E-state index in [1.54, 1.807) is 6.92 Å². The van der Waals surface area contributed by atoms with Crippen LogP contribution in [0.25, 0.3) is 0 Å². The number of alkyl halides is 1. The van der Waals surface area contributed by atoms with Gasteiger partial charge in [0.25, 0.3) is 0 Å². The van der Waals surface area contributed by atoms with Crippen LogP contribution in [0.15, 0.2) is 0 Å². The highest BCUT2D eigenvalue weighted by molar-refractivity contribution is 6.19. The minimum Gasteiger partial charge on any atom is -0.428 e. The number of hydrogen-bond acceptors (Lipinski definition) is 4. The molecule has 4 nitrogen and oxygen atoms in total. The molecule has 70 valence electrons. The number of rotatable bonds is 2. The Labute approximate surface area is 75.7 Å². The monoisotopic (exact) mass is 194 g/mol. The number of halogens is 1. The van der Waals surface area contributed by atoms with Gasteiger partial charge in [0, 0.05) is 6.42 Å². The van der Waals surface area contributed by atoms with E-state index in [1.807, 2.05) is 0 Å². The molecule has 0 aliphatic carbocycles. The predicted molar refractivity (Wildman–Crippen MR) is 42.1 cm³/mol. The highest BCUT2D eigenvalue weighted by atomic mass is 35.5. The summed E-state index contributed by atoms with van der Waals surface area (Å²) in [4.78, 5) is 10.8. The first-order valence-corrected chi connectivity index (χ1v) is 4.21. The third-order valence-electron chi connectivity index (χ3n) is 1.41. The van der Waals surface area contributed by atoms with Crippen LogP contribution in [0.5, 0.6) is 0 Å². The summed E-state index contributed by atoms with van der Waals surface area (Å²) in [7, 11) is 0. The molecule has 1 heterocycles. The SMILES string of the molecule is CC(Cl)OC(=O)OC1CCOC1. The molecule has 0 aromatic carbocycles. The second kappa shape index (κ2) is 4.52. The van der Waals surface area contributed by atoms with Crippen molar-refractivity contribution in [1.29, 1.82) is 0 Å². The summed E-state index contributed by atoms with van der Waals surface area (Å²) in [5, 5.41) is 0. The Hall–Kier alpha value is -0.480. The molecule has 0 bridgehead atoms. The third-order valence-corrected chi connectivity index (χ3v) is 1.50. The molecule has 1 aliphatic rings. The zero-order chi connectivity index (χ0) is 8.97. The van der Waals surface area contributed by atoms with Gasteiger partial charge in [-0.1, -0.05) is 11.6 Å². The summed E-state index contributed by atoms with van der Waals surface area (Å²) >= 11 is 5.40. The minimum absolute atomic E-state index is 0.173. The Bertz CT molecular complexity index is 153. The molecule has 2 atom stereocenters. The van der Waals surface area contributed by atoms with Gasteiger partial charge in [-0.2, -0.15) is 0 Å². The van der Waals surface area contributed by atoms with Gasteiger partial charge in [-0.05, 0) is 6.92 Å². The smallest absolute Gasteiger partial charge is 0.428 e. The van der Waals surface area contributed by atoms with Gasteiger partial charge in [0.2, 0.25) is 0 Å². The molecule has 0 aromatic heterocycles. The lowest BCUT2D eigenvalue weighted by atomic mass is 10.3. The molecular formula is C7H11ClO4. The Morgan fingerprint density at radius 3 is 3.00 bits per heavy atom. The van der Waals surface area contributed by atoms with Crippen LogP contribution >= 0.6 is 11.6 Å². The minimum atomic E-state index is -0.729. The molecule has 0 amide bonds. The van der Waals surface area contributed by atoms with Crippen LogP contribution in [0.1, 0.15) is 13.3 Å². The van der Waals surface area contributed by atoms with Gasteiger partial charge in [0.1, 0.15) is 6.10 Å². The molecule has 12 heavy (non-hydrogen) atoms. The number of hydrogen-bond donors (Lipinski definition) is 0. The van der Waals surface area contributed by atoms with Crippen molar-refractivity contribution in [1.82, 2.24) is 0 Å². The standard InChI is InChI=1S/C7H11ClO4/c1-5(8)11-7(9)12-6-2-3-10-4-6/h5-6H,2-4H2,1H3. The quantitative estimate of drug-likeness (QED) is 0.494. The second-order valence-electron chi connectivity index (χ2n) is 2.51. The van der Waals surface area contributed by atoms with E-state index in [2.05, 4.69) is 4.74 Å². The Balaban J connectivity index is 2.16. The fraction of sp³-hybridized carbons (Fsp3) is 0.857. The van der Waals surface area contributed by atoms with Gasteiger partial charge in [-0.25, -0.2) is 4.79 Å². The first kappa shape index (κ1) is 9.61.